The smallest absolute Gasteiger partial charge is 0.325 e. The maximum Gasteiger partial charge on any atom is 0.325 e. The van der Waals surface area contributed by atoms with Crippen molar-refractivity contribution in [2.45, 2.75) is 63.3 Å². The first-order valence-electron chi connectivity index (χ1n) is 10.8. The van der Waals surface area contributed by atoms with Crippen molar-refractivity contribution in [2.75, 3.05) is 4.90 Å². The summed E-state index contributed by atoms with van der Waals surface area (Å²) < 4.78 is 6.29. The van der Waals surface area contributed by atoms with Crippen LogP contribution in [0, 0.1) is 0 Å². The minimum Gasteiger partial charge on any atom is -0.467 e. The molecule has 0 aromatic heterocycles. The Morgan fingerprint density at radius 3 is 2.60 bits per heavy atom. The zero-order chi connectivity index (χ0) is 20.7. The number of urea groups is 1. The van der Waals surface area contributed by atoms with Gasteiger partial charge in [-0.1, -0.05) is 37.5 Å². The summed E-state index contributed by atoms with van der Waals surface area (Å²) in [5.41, 5.74) is 1.55. The summed E-state index contributed by atoms with van der Waals surface area (Å²) in [5, 5.41) is 6.24. The molecule has 156 valence electrons. The van der Waals surface area contributed by atoms with Gasteiger partial charge in [-0.15, -0.1) is 0 Å². The van der Waals surface area contributed by atoms with E-state index in [0.717, 1.165) is 24.2 Å². The maximum atomic E-state index is 13.0. The van der Waals surface area contributed by atoms with E-state index in [1.54, 1.807) is 17.0 Å². The molecule has 2 fully saturated rings. The third-order valence-corrected chi connectivity index (χ3v) is 6.51. The third kappa shape index (κ3) is 3.30. The van der Waals surface area contributed by atoms with Crippen LogP contribution in [0.15, 0.2) is 48.5 Å². The molecule has 2 heterocycles. The number of carbonyl (C=O) groups is 2. The molecule has 1 saturated heterocycles. The normalized spacial score (nSPS) is 25.7. The molecule has 1 saturated carbocycles. The second kappa shape index (κ2) is 7.35. The fraction of sp³-hybridized carbons (Fsp3) is 0.417. The van der Waals surface area contributed by atoms with E-state index in [1.807, 2.05) is 43.3 Å². The average Bonchev–Trinajstić information content (AvgIpc) is 2.74. The number of hydrogen-bond donors (Lipinski definition) is 2. The number of benzene rings is 2. The summed E-state index contributed by atoms with van der Waals surface area (Å²) in [6, 6.07) is 15.1. The molecule has 2 N–H and O–H groups in total. The van der Waals surface area contributed by atoms with Crippen molar-refractivity contribution in [3.63, 3.8) is 0 Å². The fourth-order valence-corrected chi connectivity index (χ4v) is 4.99. The van der Waals surface area contributed by atoms with Crippen LogP contribution in [-0.4, -0.2) is 23.7 Å². The Hall–Kier alpha value is -3.02. The second-order valence-corrected chi connectivity index (χ2v) is 8.71. The first-order valence-corrected chi connectivity index (χ1v) is 10.8. The van der Waals surface area contributed by atoms with Crippen LogP contribution < -0.4 is 20.3 Å². The summed E-state index contributed by atoms with van der Waals surface area (Å²) in [6.45, 7) is 1.94. The number of carbonyl (C=O) groups excluding carboxylic acids is 2. The summed E-state index contributed by atoms with van der Waals surface area (Å²) in [6.07, 6.45) is 6.37. The van der Waals surface area contributed by atoms with Gasteiger partial charge in [0.25, 0.3) is 5.91 Å². The number of fused-ring (bicyclic) bond motifs is 4. The van der Waals surface area contributed by atoms with Gasteiger partial charge in [-0.3, -0.25) is 9.69 Å². The molecular weight excluding hydrogens is 378 g/mol. The number of anilines is 1. The van der Waals surface area contributed by atoms with Crippen LogP contribution in [0.5, 0.6) is 5.75 Å². The molecule has 0 unspecified atom stereocenters. The lowest BCUT2D eigenvalue weighted by Gasteiger charge is -2.50. The number of nitrogens with zero attached hydrogens (tertiary/aromatic N) is 1. The van der Waals surface area contributed by atoms with Crippen molar-refractivity contribution >= 4 is 17.6 Å². The average molecular weight is 405 g/mol. The Labute approximate surface area is 176 Å². The highest BCUT2D eigenvalue weighted by Crippen LogP contribution is 2.45. The molecule has 3 aliphatic rings. The minimum atomic E-state index is -0.784. The van der Waals surface area contributed by atoms with Crippen molar-refractivity contribution in [3.8, 4) is 5.75 Å². The second-order valence-electron chi connectivity index (χ2n) is 8.71. The lowest BCUT2D eigenvalue weighted by molar-refractivity contribution is 0.0379. The number of hydrogen-bond acceptors (Lipinski definition) is 3. The molecule has 30 heavy (non-hydrogen) atoms. The molecule has 1 aliphatic carbocycles. The molecule has 5 rings (SSSR count). The van der Waals surface area contributed by atoms with Gasteiger partial charge in [0.1, 0.15) is 5.75 Å². The van der Waals surface area contributed by atoms with E-state index in [9.17, 15) is 9.59 Å². The molecule has 6 heteroatoms. The molecule has 2 atom stereocenters. The van der Waals surface area contributed by atoms with Crippen LogP contribution >= 0.6 is 0 Å². The van der Waals surface area contributed by atoms with Crippen LogP contribution in [0.25, 0.3) is 0 Å². The summed E-state index contributed by atoms with van der Waals surface area (Å²) in [5.74, 6) is 0.746. The lowest BCUT2D eigenvalue weighted by atomic mass is 9.90. The first-order chi connectivity index (χ1) is 14.5. The lowest BCUT2D eigenvalue weighted by Crippen LogP contribution is -2.65. The number of ether oxygens (including phenoxy) is 1. The zero-order valence-electron chi connectivity index (χ0n) is 17.2. The van der Waals surface area contributed by atoms with E-state index < -0.39 is 5.72 Å². The van der Waals surface area contributed by atoms with Gasteiger partial charge in [0.05, 0.1) is 6.04 Å². The van der Waals surface area contributed by atoms with Gasteiger partial charge in [-0.25, -0.2) is 4.79 Å². The predicted octanol–water partition coefficient (Wildman–Crippen LogP) is 4.52. The molecule has 2 aliphatic heterocycles. The highest BCUT2D eigenvalue weighted by Gasteiger charge is 2.49. The molecule has 2 aromatic carbocycles. The van der Waals surface area contributed by atoms with Gasteiger partial charge < -0.3 is 15.4 Å². The van der Waals surface area contributed by atoms with Gasteiger partial charge in [0.2, 0.25) is 0 Å². The molecular formula is C24H27N3O3. The van der Waals surface area contributed by atoms with Crippen LogP contribution in [0.2, 0.25) is 0 Å². The summed E-state index contributed by atoms with van der Waals surface area (Å²) >= 11 is 0. The van der Waals surface area contributed by atoms with Crippen molar-refractivity contribution in [1.82, 2.24) is 10.6 Å². The molecule has 3 amide bonds. The van der Waals surface area contributed by atoms with Gasteiger partial charge in [0.15, 0.2) is 5.72 Å². The van der Waals surface area contributed by atoms with E-state index in [0.29, 0.717) is 17.7 Å². The van der Waals surface area contributed by atoms with Crippen LogP contribution in [0.4, 0.5) is 10.5 Å². The van der Waals surface area contributed by atoms with Gasteiger partial charge >= 0.3 is 6.03 Å². The quantitative estimate of drug-likeness (QED) is 0.789. The predicted molar refractivity (Wildman–Crippen MR) is 115 cm³/mol. The molecule has 6 nitrogen and oxygen atoms in total. The van der Waals surface area contributed by atoms with E-state index in [4.69, 9.17) is 4.74 Å². The first kappa shape index (κ1) is 19.0. The third-order valence-electron chi connectivity index (χ3n) is 6.51. The van der Waals surface area contributed by atoms with E-state index in [-0.39, 0.29) is 24.0 Å². The fourth-order valence-electron chi connectivity index (χ4n) is 4.99. The highest BCUT2D eigenvalue weighted by molar-refractivity contribution is 5.97. The van der Waals surface area contributed by atoms with Gasteiger partial charge in [0, 0.05) is 29.3 Å². The van der Waals surface area contributed by atoms with Crippen molar-refractivity contribution in [3.05, 3.63) is 59.7 Å². The maximum absolute atomic E-state index is 13.0. The Morgan fingerprint density at radius 1 is 1.10 bits per heavy atom. The van der Waals surface area contributed by atoms with Crippen molar-refractivity contribution in [2.24, 2.45) is 0 Å². The van der Waals surface area contributed by atoms with Crippen molar-refractivity contribution < 1.29 is 14.3 Å². The van der Waals surface area contributed by atoms with Gasteiger partial charge in [-0.2, -0.15) is 0 Å². The Bertz CT molecular complexity index is 968. The standard InChI is InChI=1S/C24H27N3O3/c1-24-15-20(19-9-5-6-10-21(19)30-24)26-23(29)27(24)18-13-11-16(12-14-18)22(28)25-17-7-3-2-4-8-17/h5-6,9-14,17,20H,2-4,7-8,15H2,1H3,(H,25,28)(H,26,29)/t20-,24-/m1/s1. The van der Waals surface area contributed by atoms with E-state index >= 15 is 0 Å². The highest BCUT2D eigenvalue weighted by atomic mass is 16.5. The van der Waals surface area contributed by atoms with Crippen LogP contribution in [0.1, 0.15) is 67.4 Å². The van der Waals surface area contributed by atoms with Gasteiger partial charge in [-0.05, 0) is 50.1 Å². The Balaban J connectivity index is 1.36. The largest absolute Gasteiger partial charge is 0.467 e. The molecule has 2 aromatic rings. The minimum absolute atomic E-state index is 0.0503. The number of amides is 3. The summed E-state index contributed by atoms with van der Waals surface area (Å²) in [4.78, 5) is 27.2. The number of nitrogens with one attached hydrogen (secondary N) is 2. The molecule has 0 radical (unpaired) electrons. The molecule has 2 bridgehead atoms. The SMILES string of the molecule is C[C@@]12C[C@@H](NC(=O)N1c1ccc(C(=O)NC3CCCCC3)cc1)c1ccccc1O2. The topological polar surface area (TPSA) is 70.7 Å². The van der Waals surface area contributed by atoms with Crippen LogP contribution in [-0.2, 0) is 0 Å². The Morgan fingerprint density at radius 2 is 1.83 bits per heavy atom. The monoisotopic (exact) mass is 405 g/mol. The van der Waals surface area contributed by atoms with E-state index in [2.05, 4.69) is 10.6 Å². The summed E-state index contributed by atoms with van der Waals surface area (Å²) in [7, 11) is 0. The molecule has 0 spiro atoms. The van der Waals surface area contributed by atoms with E-state index in [1.165, 1.54) is 19.3 Å². The number of rotatable bonds is 3. The zero-order valence-corrected chi connectivity index (χ0v) is 17.2. The van der Waals surface area contributed by atoms with Crippen molar-refractivity contribution in [1.29, 1.82) is 0 Å². The number of para-hydroxylation sites is 1. The van der Waals surface area contributed by atoms with Crippen LogP contribution in [0.3, 0.4) is 0 Å². The Kier molecular flexibility index (Phi) is 4.65.